The van der Waals surface area contributed by atoms with E-state index in [1.807, 2.05) is 6.92 Å². The molecule has 1 fully saturated rings. The lowest BCUT2D eigenvalue weighted by Gasteiger charge is -2.41. The summed E-state index contributed by atoms with van der Waals surface area (Å²) < 4.78 is 4.60. The van der Waals surface area contributed by atoms with Gasteiger partial charge in [0.1, 0.15) is 14.9 Å². The molecule has 3 rings (SSSR count). The van der Waals surface area contributed by atoms with Gasteiger partial charge in [0.05, 0.1) is 5.69 Å². The molecule has 2 aliphatic rings. The van der Waals surface area contributed by atoms with Crippen LogP contribution in [0.4, 0.5) is 5.69 Å². The Bertz CT molecular complexity index is 597. The first-order valence-corrected chi connectivity index (χ1v) is 7.24. The number of ether oxygens (including phenoxy) is 1. The van der Waals surface area contributed by atoms with Gasteiger partial charge < -0.3 is 4.74 Å². The normalized spacial score (nSPS) is 29.0. The number of carbonyl (C=O) groups excluding carboxylic acids is 2. The number of nitrogens with zero attached hydrogens (tertiary/aromatic N) is 2. The lowest BCUT2D eigenvalue weighted by molar-refractivity contribution is -0.152. The first-order valence-electron chi connectivity index (χ1n) is 5.54. The molecule has 1 aromatic rings. The minimum absolute atomic E-state index is 0.304. The Morgan fingerprint density at radius 2 is 2.26 bits per heavy atom. The zero-order valence-electron chi connectivity index (χ0n) is 9.72. The van der Waals surface area contributed by atoms with E-state index >= 15 is 0 Å². The number of anilines is 1. The molecule has 2 aliphatic heterocycles. The van der Waals surface area contributed by atoms with Gasteiger partial charge in [-0.15, -0.1) is 11.6 Å². The maximum Gasteiger partial charge on any atom is 0.399 e. The molecule has 0 bridgehead atoms. The summed E-state index contributed by atoms with van der Waals surface area (Å²) in [5.74, 6) is -1.62. The van der Waals surface area contributed by atoms with Gasteiger partial charge in [-0.3, -0.25) is 9.69 Å². The van der Waals surface area contributed by atoms with E-state index in [-0.39, 0.29) is 0 Å². The van der Waals surface area contributed by atoms with Crippen molar-refractivity contribution >= 4 is 52.5 Å². The number of pyridine rings is 1. The number of hydrogen-bond acceptors (Lipinski definition) is 5. The van der Waals surface area contributed by atoms with Crippen LogP contribution in [-0.2, 0) is 14.3 Å². The number of esters is 1. The third-order valence-corrected chi connectivity index (χ3v) is 5.07. The van der Waals surface area contributed by atoms with Gasteiger partial charge in [-0.25, -0.2) is 9.78 Å². The smallest absolute Gasteiger partial charge is 0.399 e. The summed E-state index contributed by atoms with van der Waals surface area (Å²) in [4.78, 5) is 29.0. The van der Waals surface area contributed by atoms with Crippen LogP contribution in [0.3, 0.4) is 0 Å². The standard InChI is InChI=1S/C11H8Cl2N2O3S/c1-2-11-10(13)19-7-5(3-4-6(12)14-7)15(11)8(16)9(17)18-11/h3-4,10H,2H2,1H3/t10-,11-/m1/s1. The van der Waals surface area contributed by atoms with Gasteiger partial charge in [-0.1, -0.05) is 30.3 Å². The highest BCUT2D eigenvalue weighted by Gasteiger charge is 2.60. The average molecular weight is 319 g/mol. The molecule has 0 unspecified atom stereocenters. The number of thioether (sulfide) groups is 1. The Balaban J connectivity index is 2.22. The maximum atomic E-state index is 12.0. The molecule has 0 radical (unpaired) electrons. The van der Waals surface area contributed by atoms with Gasteiger partial charge >= 0.3 is 11.9 Å². The summed E-state index contributed by atoms with van der Waals surface area (Å²) in [6, 6.07) is 3.21. The number of aromatic nitrogens is 1. The highest BCUT2D eigenvalue weighted by Crippen LogP contribution is 2.51. The zero-order chi connectivity index (χ0) is 13.8. The molecule has 3 heterocycles. The topological polar surface area (TPSA) is 59.5 Å². The molecular formula is C11H8Cl2N2O3S. The van der Waals surface area contributed by atoms with Crippen LogP contribution < -0.4 is 4.90 Å². The van der Waals surface area contributed by atoms with Crippen LogP contribution in [0.5, 0.6) is 0 Å². The summed E-state index contributed by atoms with van der Waals surface area (Å²) in [6.07, 6.45) is 0.397. The van der Waals surface area contributed by atoms with Crippen molar-refractivity contribution in [1.29, 1.82) is 0 Å². The van der Waals surface area contributed by atoms with E-state index in [4.69, 9.17) is 27.9 Å². The first kappa shape index (κ1) is 13.0. The second-order valence-electron chi connectivity index (χ2n) is 4.12. The molecule has 2 atom stereocenters. The highest BCUT2D eigenvalue weighted by atomic mass is 35.5. The number of rotatable bonds is 1. The van der Waals surface area contributed by atoms with E-state index < -0.39 is 22.3 Å². The third-order valence-electron chi connectivity index (χ3n) is 3.15. The summed E-state index contributed by atoms with van der Waals surface area (Å²) in [7, 11) is 0. The van der Waals surface area contributed by atoms with Crippen molar-refractivity contribution in [3.05, 3.63) is 17.3 Å². The van der Waals surface area contributed by atoms with Crippen molar-refractivity contribution in [2.75, 3.05) is 4.90 Å². The third kappa shape index (κ3) is 1.67. The van der Waals surface area contributed by atoms with E-state index in [0.717, 1.165) is 0 Å². The highest BCUT2D eigenvalue weighted by molar-refractivity contribution is 8.01. The summed E-state index contributed by atoms with van der Waals surface area (Å²) >= 11 is 13.4. The molecule has 1 aromatic heterocycles. The summed E-state index contributed by atoms with van der Waals surface area (Å²) in [5.41, 5.74) is -0.646. The fraction of sp³-hybridized carbons (Fsp3) is 0.364. The van der Waals surface area contributed by atoms with Crippen LogP contribution in [0, 0.1) is 0 Å². The number of hydrogen-bond donors (Lipinski definition) is 0. The number of alkyl halides is 1. The Kier molecular flexibility index (Phi) is 2.92. The van der Waals surface area contributed by atoms with Crippen LogP contribution in [0.1, 0.15) is 13.3 Å². The molecule has 0 aromatic carbocycles. The summed E-state index contributed by atoms with van der Waals surface area (Å²) in [5, 5.41) is 0.821. The second-order valence-corrected chi connectivity index (χ2v) is 6.30. The second kappa shape index (κ2) is 4.26. The molecule has 5 nitrogen and oxygen atoms in total. The van der Waals surface area contributed by atoms with Crippen LogP contribution in [0.25, 0.3) is 0 Å². The van der Waals surface area contributed by atoms with Crippen molar-refractivity contribution in [2.24, 2.45) is 0 Å². The quantitative estimate of drug-likeness (QED) is 0.344. The predicted molar refractivity (Wildman–Crippen MR) is 71.3 cm³/mol. The minimum atomic E-state index is -1.15. The molecule has 1 amide bonds. The molecule has 19 heavy (non-hydrogen) atoms. The lowest BCUT2D eigenvalue weighted by atomic mass is 10.1. The van der Waals surface area contributed by atoms with E-state index in [2.05, 4.69) is 4.98 Å². The van der Waals surface area contributed by atoms with Crippen molar-refractivity contribution in [2.45, 2.75) is 28.8 Å². The maximum absolute atomic E-state index is 12.0. The zero-order valence-corrected chi connectivity index (χ0v) is 12.1. The lowest BCUT2D eigenvalue weighted by Crippen LogP contribution is -2.54. The SMILES string of the molecule is CC[C@]12OC(=O)C(=O)N1c1ccc(Cl)nc1S[C@H]2Cl. The largest absolute Gasteiger partial charge is 0.429 e. The van der Waals surface area contributed by atoms with Crippen LogP contribution in [0.2, 0.25) is 5.15 Å². The Labute approximate surface area is 123 Å². The van der Waals surface area contributed by atoms with Crippen molar-refractivity contribution in [3.8, 4) is 0 Å². The number of fused-ring (bicyclic) bond motifs is 3. The van der Waals surface area contributed by atoms with Crippen molar-refractivity contribution < 1.29 is 14.3 Å². The molecule has 0 saturated carbocycles. The van der Waals surface area contributed by atoms with Crippen LogP contribution in [0.15, 0.2) is 17.2 Å². The van der Waals surface area contributed by atoms with Gasteiger partial charge in [0.2, 0.25) is 5.72 Å². The first-order chi connectivity index (χ1) is 8.99. The average Bonchev–Trinajstić information content (AvgIpc) is 2.64. The molecule has 0 aliphatic carbocycles. The number of amides is 1. The van der Waals surface area contributed by atoms with Gasteiger partial charge in [0, 0.05) is 6.42 Å². The Morgan fingerprint density at radius 1 is 1.53 bits per heavy atom. The molecule has 0 spiro atoms. The van der Waals surface area contributed by atoms with E-state index in [9.17, 15) is 9.59 Å². The van der Waals surface area contributed by atoms with Gasteiger partial charge in [-0.05, 0) is 12.1 Å². The number of halogens is 2. The molecule has 0 N–H and O–H groups in total. The monoisotopic (exact) mass is 318 g/mol. The molecular weight excluding hydrogens is 311 g/mol. The van der Waals surface area contributed by atoms with E-state index in [0.29, 0.717) is 22.3 Å². The minimum Gasteiger partial charge on any atom is -0.429 e. The van der Waals surface area contributed by atoms with E-state index in [1.54, 1.807) is 12.1 Å². The number of carbonyl (C=O) groups is 2. The van der Waals surface area contributed by atoms with Crippen LogP contribution >= 0.6 is 35.0 Å². The fourth-order valence-electron chi connectivity index (χ4n) is 2.22. The van der Waals surface area contributed by atoms with E-state index in [1.165, 1.54) is 16.7 Å². The van der Waals surface area contributed by atoms with Crippen molar-refractivity contribution in [3.63, 3.8) is 0 Å². The fourth-order valence-corrected chi connectivity index (χ4v) is 4.10. The predicted octanol–water partition coefficient (Wildman–Crippen LogP) is 2.40. The van der Waals surface area contributed by atoms with Gasteiger partial charge in [0.15, 0.2) is 0 Å². The Hall–Kier alpha value is -0.980. The van der Waals surface area contributed by atoms with Gasteiger partial charge in [-0.2, -0.15) is 0 Å². The Morgan fingerprint density at radius 3 is 2.95 bits per heavy atom. The van der Waals surface area contributed by atoms with Crippen molar-refractivity contribution in [1.82, 2.24) is 4.98 Å². The van der Waals surface area contributed by atoms with Gasteiger partial charge in [0.25, 0.3) is 0 Å². The van der Waals surface area contributed by atoms with Crippen LogP contribution in [-0.4, -0.2) is 27.3 Å². The summed E-state index contributed by atoms with van der Waals surface area (Å²) in [6.45, 7) is 1.81. The molecule has 100 valence electrons. The molecule has 8 heteroatoms. The molecule has 1 saturated heterocycles.